The fraction of sp³-hybridized carbons (Fsp3) is 0.194. The zero-order valence-corrected chi connectivity index (χ0v) is 20.0. The van der Waals surface area contributed by atoms with Gasteiger partial charge in [-0.05, 0) is 39.9 Å². The van der Waals surface area contributed by atoms with Crippen molar-refractivity contribution < 1.29 is 15.0 Å². The van der Waals surface area contributed by atoms with Crippen molar-refractivity contribution in [3.05, 3.63) is 125 Å². The summed E-state index contributed by atoms with van der Waals surface area (Å²) in [5.41, 5.74) is 4.95. The number of carboxylic acids is 1. The lowest BCUT2D eigenvalue weighted by molar-refractivity contribution is 0.0693. The van der Waals surface area contributed by atoms with E-state index < -0.39 is 11.4 Å². The van der Waals surface area contributed by atoms with Gasteiger partial charge in [0.1, 0.15) is 11.3 Å². The highest BCUT2D eigenvalue weighted by Gasteiger charge is 2.29. The number of rotatable bonds is 6. The largest absolute Gasteiger partial charge is 0.506 e. The van der Waals surface area contributed by atoms with Crippen molar-refractivity contribution in [2.75, 3.05) is 0 Å². The van der Waals surface area contributed by atoms with Crippen LogP contribution < -0.4 is 0 Å². The lowest BCUT2D eigenvalue weighted by Gasteiger charge is -2.30. The minimum absolute atomic E-state index is 0.0914. The number of carbonyl (C=O) groups is 1. The first-order valence-electron chi connectivity index (χ1n) is 11.4. The number of aromatic carboxylic acids is 1. The second kappa shape index (κ2) is 8.83. The molecule has 0 amide bonds. The van der Waals surface area contributed by atoms with Crippen molar-refractivity contribution in [1.29, 1.82) is 0 Å². The number of hydrogen-bond acceptors (Lipinski definition) is 2. The highest BCUT2D eigenvalue weighted by Crippen LogP contribution is 2.40. The van der Waals surface area contributed by atoms with E-state index in [9.17, 15) is 15.0 Å². The van der Waals surface area contributed by atoms with Gasteiger partial charge in [-0.25, -0.2) is 4.79 Å². The maximum absolute atomic E-state index is 12.0. The van der Waals surface area contributed by atoms with Gasteiger partial charge in [0.15, 0.2) is 0 Å². The van der Waals surface area contributed by atoms with Gasteiger partial charge in [0, 0.05) is 16.4 Å². The van der Waals surface area contributed by atoms with Gasteiger partial charge in [-0.15, -0.1) is 0 Å². The van der Waals surface area contributed by atoms with Crippen LogP contribution in [0.5, 0.6) is 5.75 Å². The third-order valence-electron chi connectivity index (χ3n) is 6.97. The van der Waals surface area contributed by atoms with Crippen molar-refractivity contribution in [2.45, 2.75) is 38.5 Å². The molecule has 3 heteroatoms. The summed E-state index contributed by atoms with van der Waals surface area (Å²) in [6.45, 7) is 8.59. The van der Waals surface area contributed by atoms with Gasteiger partial charge in [0.2, 0.25) is 0 Å². The van der Waals surface area contributed by atoms with Crippen LogP contribution >= 0.6 is 0 Å². The van der Waals surface area contributed by atoms with E-state index in [4.69, 9.17) is 0 Å². The highest BCUT2D eigenvalue weighted by atomic mass is 16.4. The molecule has 0 aliphatic carbocycles. The smallest absolute Gasteiger partial charge is 0.339 e. The first kappa shape index (κ1) is 23.3. The average molecular weight is 451 g/mol. The maximum atomic E-state index is 12.0. The van der Waals surface area contributed by atoms with Crippen LogP contribution in [-0.4, -0.2) is 16.2 Å². The van der Waals surface area contributed by atoms with Crippen LogP contribution in [0.25, 0.3) is 11.1 Å². The Balaban J connectivity index is 1.77. The number of carboxylic acid groups (broad SMARTS) is 1. The van der Waals surface area contributed by atoms with Crippen molar-refractivity contribution in [1.82, 2.24) is 0 Å². The first-order valence-corrected chi connectivity index (χ1v) is 11.4. The normalized spacial score (nSPS) is 11.9. The molecule has 0 saturated carbocycles. The molecule has 0 spiro atoms. The summed E-state index contributed by atoms with van der Waals surface area (Å²) in [6.07, 6.45) is 0. The van der Waals surface area contributed by atoms with E-state index in [0.29, 0.717) is 5.56 Å². The molecule has 3 nitrogen and oxygen atoms in total. The molecule has 0 unspecified atom stereocenters. The molecule has 0 bridgehead atoms. The third-order valence-corrected chi connectivity index (χ3v) is 6.97. The van der Waals surface area contributed by atoms with Crippen LogP contribution in [0.3, 0.4) is 0 Å². The van der Waals surface area contributed by atoms with Gasteiger partial charge in [-0.1, -0.05) is 113 Å². The van der Waals surface area contributed by atoms with Crippen LogP contribution in [0.15, 0.2) is 97.1 Å². The number of phenols is 1. The zero-order valence-electron chi connectivity index (χ0n) is 20.0. The molecule has 4 rings (SSSR count). The fourth-order valence-electron chi connectivity index (χ4n) is 4.49. The van der Waals surface area contributed by atoms with Crippen LogP contribution in [0, 0.1) is 0 Å². The number of aromatic hydroxyl groups is 1. The molecule has 0 aliphatic heterocycles. The van der Waals surface area contributed by atoms with Gasteiger partial charge in [0.25, 0.3) is 0 Å². The molecule has 2 N–H and O–H groups in total. The minimum atomic E-state index is -1.15. The number of benzene rings is 4. The van der Waals surface area contributed by atoms with E-state index in [2.05, 4.69) is 76.2 Å². The van der Waals surface area contributed by atoms with Crippen molar-refractivity contribution >= 4 is 5.97 Å². The molecular weight excluding hydrogens is 420 g/mol. The Bertz CT molecular complexity index is 1300. The van der Waals surface area contributed by atoms with Crippen LogP contribution in [0.2, 0.25) is 0 Å². The Hall–Kier alpha value is -3.85. The van der Waals surface area contributed by atoms with Gasteiger partial charge >= 0.3 is 5.97 Å². The molecule has 0 atom stereocenters. The summed E-state index contributed by atoms with van der Waals surface area (Å²) in [5, 5.41) is 20.5. The summed E-state index contributed by atoms with van der Waals surface area (Å²) in [7, 11) is 0. The molecule has 0 aliphatic rings. The second-order valence-electron chi connectivity index (χ2n) is 9.78. The van der Waals surface area contributed by atoms with Crippen LogP contribution in [0.4, 0.5) is 0 Å². The summed E-state index contributed by atoms with van der Waals surface area (Å²) in [5.74, 6) is -1.36. The zero-order chi connectivity index (χ0) is 24.5. The summed E-state index contributed by atoms with van der Waals surface area (Å²) < 4.78 is 0. The maximum Gasteiger partial charge on any atom is 0.339 e. The molecule has 0 fully saturated rings. The quantitative estimate of drug-likeness (QED) is 0.321. The molecule has 0 aromatic heterocycles. The predicted molar refractivity (Wildman–Crippen MR) is 138 cm³/mol. The third kappa shape index (κ3) is 4.22. The van der Waals surface area contributed by atoms with Crippen molar-refractivity contribution in [3.8, 4) is 16.9 Å². The van der Waals surface area contributed by atoms with E-state index in [1.54, 1.807) is 6.07 Å². The molecule has 4 aromatic rings. The Morgan fingerprint density at radius 2 is 1.06 bits per heavy atom. The van der Waals surface area contributed by atoms with E-state index in [1.165, 1.54) is 11.1 Å². The van der Waals surface area contributed by atoms with Gasteiger partial charge in [0.05, 0.1) is 0 Å². The fourth-order valence-corrected chi connectivity index (χ4v) is 4.49. The Morgan fingerprint density at radius 3 is 1.56 bits per heavy atom. The molecule has 0 radical (unpaired) electrons. The highest BCUT2D eigenvalue weighted by molar-refractivity contribution is 5.94. The molecule has 0 heterocycles. The molecule has 4 aromatic carbocycles. The number of hydrogen-bond donors (Lipinski definition) is 2. The van der Waals surface area contributed by atoms with Gasteiger partial charge in [-0.3, -0.25) is 0 Å². The van der Waals surface area contributed by atoms with Crippen LogP contribution in [0.1, 0.15) is 60.3 Å². The summed E-state index contributed by atoms with van der Waals surface area (Å²) in [4.78, 5) is 12.0. The topological polar surface area (TPSA) is 57.5 Å². The Labute approximate surface area is 201 Å². The summed E-state index contributed by atoms with van der Waals surface area (Å²) >= 11 is 0. The van der Waals surface area contributed by atoms with Crippen molar-refractivity contribution in [2.24, 2.45) is 0 Å². The van der Waals surface area contributed by atoms with E-state index in [1.807, 2.05) is 42.5 Å². The lowest BCUT2D eigenvalue weighted by atomic mass is 9.74. The van der Waals surface area contributed by atoms with E-state index in [0.717, 1.165) is 16.7 Å². The van der Waals surface area contributed by atoms with Crippen molar-refractivity contribution in [3.63, 3.8) is 0 Å². The lowest BCUT2D eigenvalue weighted by Crippen LogP contribution is -2.22. The molecular formula is C31H30O3. The first-order chi connectivity index (χ1) is 16.1. The van der Waals surface area contributed by atoms with Crippen LogP contribution in [-0.2, 0) is 10.8 Å². The SMILES string of the molecule is CC(C)(c1ccccc1)c1ccc(C(C)(C)c2cc(C(=O)O)c(O)c(-c3ccccc3)c2)cc1. The standard InChI is InChI=1S/C31H30O3/c1-30(2,22-13-9-6-10-14-22)23-15-17-24(18-16-23)31(3,4)25-19-26(21-11-7-5-8-12-21)28(32)27(20-25)29(33)34/h5-20,32H,1-4H3,(H,33,34). The monoisotopic (exact) mass is 450 g/mol. The predicted octanol–water partition coefficient (Wildman–Crippen LogP) is 7.41. The van der Waals surface area contributed by atoms with Gasteiger partial charge < -0.3 is 10.2 Å². The average Bonchev–Trinajstić information content (AvgIpc) is 2.85. The molecule has 0 saturated heterocycles. The molecule has 34 heavy (non-hydrogen) atoms. The van der Waals surface area contributed by atoms with Gasteiger partial charge in [-0.2, -0.15) is 0 Å². The Kier molecular flexibility index (Phi) is 6.05. The Morgan fingerprint density at radius 1 is 0.618 bits per heavy atom. The minimum Gasteiger partial charge on any atom is -0.506 e. The van der Waals surface area contributed by atoms with E-state index in [-0.39, 0.29) is 16.7 Å². The second-order valence-corrected chi connectivity index (χ2v) is 9.78. The van der Waals surface area contributed by atoms with E-state index >= 15 is 0 Å². The summed E-state index contributed by atoms with van der Waals surface area (Å²) in [6, 6.07) is 31.9. The molecule has 172 valence electrons.